The van der Waals surface area contributed by atoms with Crippen molar-refractivity contribution in [2.75, 3.05) is 13.6 Å². The summed E-state index contributed by atoms with van der Waals surface area (Å²) in [6.07, 6.45) is 1.60. The van der Waals surface area contributed by atoms with E-state index in [0.29, 0.717) is 12.1 Å². The Morgan fingerprint density at radius 2 is 2.21 bits per heavy atom. The van der Waals surface area contributed by atoms with Gasteiger partial charge >= 0.3 is 0 Å². The highest BCUT2D eigenvalue weighted by atomic mass is 16.2. The normalized spacial score (nSPS) is 9.93. The van der Waals surface area contributed by atoms with Crippen molar-refractivity contribution in [3.63, 3.8) is 0 Å². The number of hydrogen-bond donors (Lipinski definition) is 0. The topological polar surface area (TPSA) is 42.3 Å². The third kappa shape index (κ3) is 2.02. The van der Waals surface area contributed by atoms with Gasteiger partial charge in [-0.25, -0.2) is 0 Å². The minimum absolute atomic E-state index is 0.120. The van der Waals surface area contributed by atoms with E-state index in [4.69, 9.17) is 0 Å². The van der Waals surface area contributed by atoms with E-state index in [0.717, 1.165) is 0 Å². The Morgan fingerprint density at radius 1 is 1.57 bits per heavy atom. The van der Waals surface area contributed by atoms with Crippen molar-refractivity contribution in [3.8, 4) is 0 Å². The molecule has 1 rings (SSSR count). The van der Waals surface area contributed by atoms with Gasteiger partial charge in [-0.3, -0.25) is 9.59 Å². The van der Waals surface area contributed by atoms with E-state index in [1.54, 1.807) is 31.3 Å². The second-order valence-corrected chi connectivity index (χ2v) is 3.18. The predicted molar refractivity (Wildman–Crippen MR) is 54.3 cm³/mol. The predicted octanol–water partition coefficient (Wildman–Crippen LogP) is 0.477. The molecule has 1 heterocycles. The van der Waals surface area contributed by atoms with Gasteiger partial charge in [0.15, 0.2) is 0 Å². The number of carbonyl (C=O) groups excluding carboxylic acids is 1. The largest absolute Gasteiger partial charge is 0.342 e. The molecule has 1 aromatic heterocycles. The molecule has 1 amide bonds. The number of amides is 1. The standard InChI is InChI=1S/C10H14N2O2/c1-4-11(2)10(14)8-5-6-12(3)9(13)7-8/h5-7H,4H2,1-3H3. The van der Waals surface area contributed by atoms with Crippen LogP contribution in [0.25, 0.3) is 0 Å². The van der Waals surface area contributed by atoms with Gasteiger partial charge in [0.05, 0.1) is 0 Å². The first kappa shape index (κ1) is 10.5. The van der Waals surface area contributed by atoms with Gasteiger partial charge in [0, 0.05) is 38.5 Å². The maximum Gasteiger partial charge on any atom is 0.253 e. The van der Waals surface area contributed by atoms with Crippen molar-refractivity contribution in [3.05, 3.63) is 34.2 Å². The summed E-state index contributed by atoms with van der Waals surface area (Å²) in [5.74, 6) is -0.120. The monoisotopic (exact) mass is 194 g/mol. The third-order valence-corrected chi connectivity index (χ3v) is 2.17. The highest BCUT2D eigenvalue weighted by Crippen LogP contribution is 1.99. The van der Waals surface area contributed by atoms with E-state index < -0.39 is 0 Å². The molecule has 0 saturated heterocycles. The van der Waals surface area contributed by atoms with Crippen LogP contribution in [-0.2, 0) is 7.05 Å². The van der Waals surface area contributed by atoms with Crippen LogP contribution in [0.3, 0.4) is 0 Å². The average molecular weight is 194 g/mol. The van der Waals surface area contributed by atoms with Gasteiger partial charge in [-0.1, -0.05) is 0 Å². The summed E-state index contributed by atoms with van der Waals surface area (Å²) < 4.78 is 1.43. The molecular formula is C10H14N2O2. The second-order valence-electron chi connectivity index (χ2n) is 3.18. The van der Waals surface area contributed by atoms with Gasteiger partial charge in [-0.15, -0.1) is 0 Å². The Balaban J connectivity index is 3.03. The third-order valence-electron chi connectivity index (χ3n) is 2.17. The van der Waals surface area contributed by atoms with E-state index in [2.05, 4.69) is 0 Å². The van der Waals surface area contributed by atoms with Crippen molar-refractivity contribution in [1.29, 1.82) is 0 Å². The number of aromatic nitrogens is 1. The number of pyridine rings is 1. The molecule has 0 N–H and O–H groups in total. The molecule has 0 fully saturated rings. The molecular weight excluding hydrogens is 180 g/mol. The summed E-state index contributed by atoms with van der Waals surface area (Å²) in [4.78, 5) is 24.4. The highest BCUT2D eigenvalue weighted by Gasteiger charge is 2.09. The molecule has 0 saturated carbocycles. The van der Waals surface area contributed by atoms with Crippen LogP contribution in [0.5, 0.6) is 0 Å². The lowest BCUT2D eigenvalue weighted by atomic mass is 10.2. The van der Waals surface area contributed by atoms with Crippen LogP contribution in [0, 0.1) is 0 Å². The lowest BCUT2D eigenvalue weighted by Crippen LogP contribution is -2.28. The molecule has 0 spiro atoms. The van der Waals surface area contributed by atoms with Gasteiger partial charge in [0.25, 0.3) is 11.5 Å². The number of rotatable bonds is 2. The molecule has 0 aromatic carbocycles. The SMILES string of the molecule is CCN(C)C(=O)c1ccn(C)c(=O)c1. The van der Waals surface area contributed by atoms with E-state index in [1.807, 2.05) is 6.92 Å². The Morgan fingerprint density at radius 3 is 2.71 bits per heavy atom. The van der Waals surface area contributed by atoms with Crippen molar-refractivity contribution < 1.29 is 4.79 Å². The number of nitrogens with zero attached hydrogens (tertiary/aromatic N) is 2. The van der Waals surface area contributed by atoms with Crippen LogP contribution in [0.2, 0.25) is 0 Å². The number of aryl methyl sites for hydroxylation is 1. The fourth-order valence-corrected chi connectivity index (χ4v) is 1.05. The molecule has 0 radical (unpaired) electrons. The Kier molecular flexibility index (Phi) is 3.06. The average Bonchev–Trinajstić information content (AvgIpc) is 2.20. The van der Waals surface area contributed by atoms with Crippen molar-refractivity contribution >= 4 is 5.91 Å². The Hall–Kier alpha value is -1.58. The zero-order valence-corrected chi connectivity index (χ0v) is 8.65. The van der Waals surface area contributed by atoms with Crippen molar-refractivity contribution in [1.82, 2.24) is 9.47 Å². The fraction of sp³-hybridized carbons (Fsp3) is 0.400. The van der Waals surface area contributed by atoms with Crippen LogP contribution in [0.4, 0.5) is 0 Å². The summed E-state index contributed by atoms with van der Waals surface area (Å²) >= 11 is 0. The first-order chi connectivity index (χ1) is 6.56. The summed E-state index contributed by atoms with van der Waals surface area (Å²) in [5.41, 5.74) is 0.276. The van der Waals surface area contributed by atoms with E-state index in [9.17, 15) is 9.59 Å². The first-order valence-electron chi connectivity index (χ1n) is 4.48. The number of carbonyl (C=O) groups is 1. The van der Waals surface area contributed by atoms with Gasteiger partial charge in [-0.05, 0) is 13.0 Å². The van der Waals surface area contributed by atoms with Crippen LogP contribution < -0.4 is 5.56 Å². The maximum atomic E-state index is 11.6. The molecule has 0 atom stereocenters. The maximum absolute atomic E-state index is 11.6. The molecule has 0 aliphatic carbocycles. The molecule has 1 aromatic rings. The smallest absolute Gasteiger partial charge is 0.253 e. The molecule has 4 nitrogen and oxygen atoms in total. The van der Waals surface area contributed by atoms with Crippen LogP contribution in [-0.4, -0.2) is 29.0 Å². The fourth-order valence-electron chi connectivity index (χ4n) is 1.05. The molecule has 14 heavy (non-hydrogen) atoms. The lowest BCUT2D eigenvalue weighted by Gasteiger charge is -2.14. The molecule has 0 aliphatic rings. The van der Waals surface area contributed by atoms with E-state index >= 15 is 0 Å². The molecule has 76 valence electrons. The Bertz CT molecular complexity index is 395. The zero-order valence-electron chi connectivity index (χ0n) is 8.65. The number of hydrogen-bond acceptors (Lipinski definition) is 2. The van der Waals surface area contributed by atoms with Crippen LogP contribution in [0.1, 0.15) is 17.3 Å². The van der Waals surface area contributed by atoms with Crippen LogP contribution >= 0.6 is 0 Å². The van der Waals surface area contributed by atoms with Gasteiger partial charge < -0.3 is 9.47 Å². The highest BCUT2D eigenvalue weighted by molar-refractivity contribution is 5.93. The second kappa shape index (κ2) is 4.09. The summed E-state index contributed by atoms with van der Waals surface area (Å²) in [7, 11) is 3.36. The first-order valence-corrected chi connectivity index (χ1v) is 4.48. The minimum atomic E-state index is -0.166. The molecule has 0 unspecified atom stereocenters. The summed E-state index contributed by atoms with van der Waals surface area (Å²) in [6.45, 7) is 2.52. The minimum Gasteiger partial charge on any atom is -0.342 e. The molecule has 0 aliphatic heterocycles. The van der Waals surface area contributed by atoms with Crippen molar-refractivity contribution in [2.45, 2.75) is 6.92 Å². The zero-order chi connectivity index (χ0) is 10.7. The summed E-state index contributed by atoms with van der Waals surface area (Å²) in [6, 6.07) is 3.00. The van der Waals surface area contributed by atoms with Gasteiger partial charge in [0.2, 0.25) is 0 Å². The Labute approximate surface area is 82.8 Å². The molecule has 0 bridgehead atoms. The summed E-state index contributed by atoms with van der Waals surface area (Å²) in [5, 5.41) is 0. The van der Waals surface area contributed by atoms with Crippen LogP contribution in [0.15, 0.2) is 23.1 Å². The lowest BCUT2D eigenvalue weighted by molar-refractivity contribution is 0.0802. The molecule has 4 heteroatoms. The van der Waals surface area contributed by atoms with Crippen molar-refractivity contribution in [2.24, 2.45) is 7.05 Å². The van der Waals surface area contributed by atoms with Gasteiger partial charge in [-0.2, -0.15) is 0 Å². The quantitative estimate of drug-likeness (QED) is 0.687. The van der Waals surface area contributed by atoms with E-state index in [-0.39, 0.29) is 11.5 Å². The van der Waals surface area contributed by atoms with Gasteiger partial charge in [0.1, 0.15) is 0 Å². The van der Waals surface area contributed by atoms with E-state index in [1.165, 1.54) is 10.6 Å².